The highest BCUT2D eigenvalue weighted by Crippen LogP contribution is 2.24. The van der Waals surface area contributed by atoms with Gasteiger partial charge in [-0.1, -0.05) is 54.6 Å². The lowest BCUT2D eigenvalue weighted by Gasteiger charge is -2.02. The number of benzene rings is 3. The summed E-state index contributed by atoms with van der Waals surface area (Å²) in [6, 6.07) is 24.3. The molecule has 3 nitrogen and oxygen atoms in total. The van der Waals surface area contributed by atoms with E-state index in [2.05, 4.69) is 34.2 Å². The van der Waals surface area contributed by atoms with Crippen LogP contribution < -0.4 is 0 Å². The molecule has 0 saturated heterocycles. The van der Waals surface area contributed by atoms with Gasteiger partial charge in [-0.15, -0.1) is 0 Å². The van der Waals surface area contributed by atoms with Gasteiger partial charge in [-0.25, -0.2) is 4.98 Å². The van der Waals surface area contributed by atoms with Crippen molar-refractivity contribution in [2.75, 3.05) is 0 Å². The van der Waals surface area contributed by atoms with Gasteiger partial charge in [0.15, 0.2) is 0 Å². The highest BCUT2D eigenvalue weighted by atomic mass is 14.9. The molecule has 4 aromatic rings. The molecule has 1 heterocycles. The first-order valence-corrected chi connectivity index (χ1v) is 7.40. The van der Waals surface area contributed by atoms with E-state index in [1.807, 2.05) is 54.6 Å². The third-order valence-electron chi connectivity index (χ3n) is 3.89. The first-order valence-electron chi connectivity index (χ1n) is 7.40. The number of hydrogen-bond donors (Lipinski definition) is 1. The molecule has 0 fully saturated rings. The van der Waals surface area contributed by atoms with Gasteiger partial charge in [0.2, 0.25) is 0 Å². The predicted octanol–water partition coefficient (Wildman–Crippen LogP) is 4.78. The summed E-state index contributed by atoms with van der Waals surface area (Å²) in [5.41, 5.74) is 3.33. The Hall–Kier alpha value is -3.38. The molecule has 3 aromatic carbocycles. The molecule has 0 saturated carbocycles. The first kappa shape index (κ1) is 13.3. The second kappa shape index (κ2) is 5.43. The van der Waals surface area contributed by atoms with Gasteiger partial charge in [-0.05, 0) is 34.5 Å². The van der Waals surface area contributed by atoms with Crippen LogP contribution in [0.1, 0.15) is 11.4 Å². The summed E-state index contributed by atoms with van der Waals surface area (Å²) < 4.78 is 0. The van der Waals surface area contributed by atoms with E-state index < -0.39 is 0 Å². The smallest absolute Gasteiger partial charge is 0.149 e. The van der Waals surface area contributed by atoms with E-state index >= 15 is 0 Å². The van der Waals surface area contributed by atoms with Gasteiger partial charge in [-0.2, -0.15) is 5.26 Å². The summed E-state index contributed by atoms with van der Waals surface area (Å²) in [4.78, 5) is 7.73. The number of fused-ring (bicyclic) bond motifs is 2. The van der Waals surface area contributed by atoms with E-state index in [1.165, 1.54) is 0 Å². The molecule has 0 bridgehead atoms. The Morgan fingerprint density at radius 2 is 1.74 bits per heavy atom. The fourth-order valence-corrected chi connectivity index (χ4v) is 2.77. The van der Waals surface area contributed by atoms with Crippen molar-refractivity contribution in [3.63, 3.8) is 0 Å². The van der Waals surface area contributed by atoms with Crippen molar-refractivity contribution in [3.8, 4) is 6.07 Å². The summed E-state index contributed by atoms with van der Waals surface area (Å²) in [5, 5.41) is 11.8. The summed E-state index contributed by atoms with van der Waals surface area (Å²) >= 11 is 0. The van der Waals surface area contributed by atoms with Crippen LogP contribution in [0.2, 0.25) is 0 Å². The SMILES string of the molecule is N#C/C(=C\c1cccc2ccccc12)c1nc2ccccc2[nH]1. The largest absolute Gasteiger partial charge is 0.337 e. The third kappa shape index (κ3) is 2.37. The zero-order valence-corrected chi connectivity index (χ0v) is 12.3. The number of nitrogens with one attached hydrogen (secondary N) is 1. The van der Waals surface area contributed by atoms with E-state index in [0.29, 0.717) is 11.4 Å². The van der Waals surface area contributed by atoms with Crippen LogP contribution in [-0.4, -0.2) is 9.97 Å². The van der Waals surface area contributed by atoms with Crippen LogP contribution >= 0.6 is 0 Å². The molecule has 3 heteroatoms. The Morgan fingerprint density at radius 1 is 0.957 bits per heavy atom. The Balaban J connectivity index is 1.88. The number of nitriles is 1. The van der Waals surface area contributed by atoms with Gasteiger partial charge in [0.25, 0.3) is 0 Å². The molecule has 0 radical (unpaired) electrons. The average molecular weight is 295 g/mol. The molecule has 4 rings (SSSR count). The van der Waals surface area contributed by atoms with Crippen LogP contribution in [0.4, 0.5) is 0 Å². The molecule has 23 heavy (non-hydrogen) atoms. The van der Waals surface area contributed by atoms with E-state index in [4.69, 9.17) is 0 Å². The number of nitrogens with zero attached hydrogens (tertiary/aromatic N) is 2. The number of hydrogen-bond acceptors (Lipinski definition) is 2. The molecule has 0 aliphatic carbocycles. The minimum Gasteiger partial charge on any atom is -0.337 e. The van der Waals surface area contributed by atoms with Gasteiger partial charge >= 0.3 is 0 Å². The number of para-hydroxylation sites is 2. The van der Waals surface area contributed by atoms with Gasteiger partial charge in [0, 0.05) is 0 Å². The van der Waals surface area contributed by atoms with Crippen LogP contribution in [0.25, 0.3) is 33.5 Å². The number of aromatic amines is 1. The fraction of sp³-hybridized carbons (Fsp3) is 0. The zero-order chi connectivity index (χ0) is 15.6. The number of H-pyrrole nitrogens is 1. The van der Waals surface area contributed by atoms with E-state index in [1.54, 1.807) is 0 Å². The molecule has 0 aliphatic heterocycles. The second-order valence-corrected chi connectivity index (χ2v) is 5.34. The molecule has 108 valence electrons. The number of allylic oxidation sites excluding steroid dienone is 1. The van der Waals surface area contributed by atoms with E-state index in [9.17, 15) is 5.26 Å². The first-order chi connectivity index (χ1) is 11.3. The molecular weight excluding hydrogens is 282 g/mol. The monoisotopic (exact) mass is 295 g/mol. The van der Waals surface area contributed by atoms with Gasteiger partial charge < -0.3 is 4.98 Å². The topological polar surface area (TPSA) is 52.5 Å². The second-order valence-electron chi connectivity index (χ2n) is 5.34. The van der Waals surface area contributed by atoms with Crippen molar-refractivity contribution in [3.05, 3.63) is 78.1 Å². The number of imidazole rings is 1. The quantitative estimate of drug-likeness (QED) is 0.541. The fourth-order valence-electron chi connectivity index (χ4n) is 2.77. The molecule has 1 aromatic heterocycles. The van der Waals surface area contributed by atoms with E-state index in [0.717, 1.165) is 27.4 Å². The van der Waals surface area contributed by atoms with Gasteiger partial charge in [-0.3, -0.25) is 0 Å². The van der Waals surface area contributed by atoms with Crippen molar-refractivity contribution in [1.82, 2.24) is 9.97 Å². The van der Waals surface area contributed by atoms with Crippen molar-refractivity contribution in [2.45, 2.75) is 0 Å². The van der Waals surface area contributed by atoms with Crippen molar-refractivity contribution in [2.24, 2.45) is 0 Å². The lowest BCUT2D eigenvalue weighted by atomic mass is 10.0. The number of aromatic nitrogens is 2. The molecule has 1 N–H and O–H groups in total. The average Bonchev–Trinajstić information content (AvgIpc) is 3.03. The Bertz CT molecular complexity index is 1040. The van der Waals surface area contributed by atoms with Crippen molar-refractivity contribution >= 4 is 33.5 Å². The minimum atomic E-state index is 0.526. The Labute approximate surface area is 133 Å². The van der Waals surface area contributed by atoms with Crippen LogP contribution in [-0.2, 0) is 0 Å². The highest BCUT2D eigenvalue weighted by molar-refractivity contribution is 5.98. The number of rotatable bonds is 2. The Kier molecular flexibility index (Phi) is 3.14. The van der Waals surface area contributed by atoms with Crippen LogP contribution in [0, 0.1) is 11.3 Å². The molecule has 0 unspecified atom stereocenters. The van der Waals surface area contributed by atoms with Crippen molar-refractivity contribution in [1.29, 1.82) is 5.26 Å². The van der Waals surface area contributed by atoms with Crippen LogP contribution in [0.15, 0.2) is 66.7 Å². The van der Waals surface area contributed by atoms with Crippen LogP contribution in [0.3, 0.4) is 0 Å². The predicted molar refractivity (Wildman–Crippen MR) is 93.5 cm³/mol. The van der Waals surface area contributed by atoms with Gasteiger partial charge in [0.05, 0.1) is 16.6 Å². The lowest BCUT2D eigenvalue weighted by Crippen LogP contribution is -1.86. The maximum atomic E-state index is 9.56. The molecule has 0 spiro atoms. The molecular formula is C20H13N3. The summed E-state index contributed by atoms with van der Waals surface area (Å²) in [5.74, 6) is 0.599. The Morgan fingerprint density at radius 3 is 2.61 bits per heavy atom. The normalized spacial score (nSPS) is 11.7. The lowest BCUT2D eigenvalue weighted by molar-refractivity contribution is 1.27. The van der Waals surface area contributed by atoms with Crippen LogP contribution in [0.5, 0.6) is 0 Å². The standard InChI is InChI=1S/C20H13N3/c21-13-16(20-22-18-10-3-4-11-19(18)23-20)12-15-8-5-7-14-6-1-2-9-17(14)15/h1-12H,(H,22,23)/b16-12+. The molecule has 0 aliphatic rings. The van der Waals surface area contributed by atoms with Crippen molar-refractivity contribution < 1.29 is 0 Å². The molecule has 0 atom stereocenters. The summed E-state index contributed by atoms with van der Waals surface area (Å²) in [6.07, 6.45) is 1.89. The summed E-state index contributed by atoms with van der Waals surface area (Å²) in [7, 11) is 0. The van der Waals surface area contributed by atoms with Gasteiger partial charge in [0.1, 0.15) is 11.9 Å². The third-order valence-corrected chi connectivity index (χ3v) is 3.89. The zero-order valence-electron chi connectivity index (χ0n) is 12.3. The maximum absolute atomic E-state index is 9.56. The highest BCUT2D eigenvalue weighted by Gasteiger charge is 2.08. The minimum absolute atomic E-state index is 0.526. The molecule has 0 amide bonds. The summed E-state index contributed by atoms with van der Waals surface area (Å²) in [6.45, 7) is 0. The maximum Gasteiger partial charge on any atom is 0.149 e. The van der Waals surface area contributed by atoms with E-state index in [-0.39, 0.29) is 0 Å².